The van der Waals surface area contributed by atoms with Gasteiger partial charge in [-0.3, -0.25) is 0 Å². The fraction of sp³-hybridized carbons (Fsp3) is 1.00. The smallest absolute Gasteiger partial charge is 0.0723 e. The number of rotatable bonds is 5. The quantitative estimate of drug-likeness (QED) is 0.637. The second kappa shape index (κ2) is 5.89. The Balaban J connectivity index is 2.03. The first-order chi connectivity index (χ1) is 6.22. The van der Waals surface area contributed by atoms with Crippen LogP contribution in [0.1, 0.15) is 26.7 Å². The SMILES string of the molecule is CSN1CCC(OCCC(C)C)C1. The Kier molecular flexibility index (Phi) is 5.14. The zero-order chi connectivity index (χ0) is 9.68. The van der Waals surface area contributed by atoms with Crippen molar-refractivity contribution in [2.24, 2.45) is 5.92 Å². The lowest BCUT2D eigenvalue weighted by atomic mass is 10.1. The molecular weight excluding hydrogens is 182 g/mol. The van der Waals surface area contributed by atoms with Crippen LogP contribution >= 0.6 is 11.9 Å². The summed E-state index contributed by atoms with van der Waals surface area (Å²) in [6.07, 6.45) is 5.02. The Morgan fingerprint density at radius 2 is 2.31 bits per heavy atom. The molecule has 2 nitrogen and oxygen atoms in total. The van der Waals surface area contributed by atoms with E-state index in [4.69, 9.17) is 4.74 Å². The van der Waals surface area contributed by atoms with Crippen LogP contribution in [0.15, 0.2) is 0 Å². The Labute approximate surface area is 86.1 Å². The van der Waals surface area contributed by atoms with Gasteiger partial charge in [0.05, 0.1) is 6.10 Å². The Hall–Kier alpha value is 0.270. The topological polar surface area (TPSA) is 12.5 Å². The second-order valence-electron chi connectivity index (χ2n) is 4.03. The Morgan fingerprint density at radius 1 is 1.54 bits per heavy atom. The molecule has 1 saturated heterocycles. The highest BCUT2D eigenvalue weighted by Crippen LogP contribution is 2.18. The van der Waals surface area contributed by atoms with Gasteiger partial charge in [-0.25, -0.2) is 4.31 Å². The largest absolute Gasteiger partial charge is 0.377 e. The molecule has 0 aromatic heterocycles. The molecule has 1 heterocycles. The van der Waals surface area contributed by atoms with Crippen molar-refractivity contribution < 1.29 is 4.74 Å². The predicted octanol–water partition coefficient (Wildman–Crippen LogP) is 2.40. The maximum absolute atomic E-state index is 5.79. The van der Waals surface area contributed by atoms with E-state index < -0.39 is 0 Å². The molecule has 0 radical (unpaired) electrons. The molecule has 0 aliphatic carbocycles. The van der Waals surface area contributed by atoms with E-state index in [0.29, 0.717) is 6.10 Å². The van der Waals surface area contributed by atoms with Crippen molar-refractivity contribution >= 4 is 11.9 Å². The summed E-state index contributed by atoms with van der Waals surface area (Å²) in [6.45, 7) is 7.72. The van der Waals surface area contributed by atoms with Crippen molar-refractivity contribution in [2.75, 3.05) is 26.0 Å². The maximum Gasteiger partial charge on any atom is 0.0723 e. The van der Waals surface area contributed by atoms with E-state index in [9.17, 15) is 0 Å². The Morgan fingerprint density at radius 3 is 2.85 bits per heavy atom. The van der Waals surface area contributed by atoms with E-state index in [2.05, 4.69) is 24.4 Å². The number of nitrogens with zero attached hydrogens (tertiary/aromatic N) is 1. The maximum atomic E-state index is 5.79. The summed E-state index contributed by atoms with van der Waals surface area (Å²) in [6, 6.07) is 0. The number of ether oxygens (including phenoxy) is 1. The van der Waals surface area contributed by atoms with Crippen molar-refractivity contribution in [3.05, 3.63) is 0 Å². The molecule has 1 unspecified atom stereocenters. The van der Waals surface area contributed by atoms with Crippen molar-refractivity contribution in [1.29, 1.82) is 0 Å². The third-order valence-electron chi connectivity index (χ3n) is 2.41. The second-order valence-corrected chi connectivity index (χ2v) is 4.92. The molecule has 3 heteroatoms. The van der Waals surface area contributed by atoms with Crippen molar-refractivity contribution in [3.8, 4) is 0 Å². The van der Waals surface area contributed by atoms with Gasteiger partial charge >= 0.3 is 0 Å². The van der Waals surface area contributed by atoms with E-state index in [1.54, 1.807) is 0 Å². The zero-order valence-corrected chi connectivity index (χ0v) is 9.77. The van der Waals surface area contributed by atoms with Crippen molar-refractivity contribution in [3.63, 3.8) is 0 Å². The van der Waals surface area contributed by atoms with E-state index in [1.807, 2.05) is 11.9 Å². The molecule has 0 saturated carbocycles. The van der Waals surface area contributed by atoms with Crippen LogP contribution in [0.2, 0.25) is 0 Å². The van der Waals surface area contributed by atoms with Gasteiger partial charge in [-0.2, -0.15) is 0 Å². The summed E-state index contributed by atoms with van der Waals surface area (Å²) in [4.78, 5) is 0. The van der Waals surface area contributed by atoms with Crippen LogP contribution in [-0.4, -0.2) is 36.4 Å². The molecule has 0 aromatic rings. The molecule has 1 aliphatic heterocycles. The van der Waals surface area contributed by atoms with E-state index in [0.717, 1.165) is 19.1 Å². The molecule has 13 heavy (non-hydrogen) atoms. The minimum atomic E-state index is 0.492. The molecule has 1 fully saturated rings. The molecule has 1 atom stereocenters. The van der Waals surface area contributed by atoms with Gasteiger partial charge in [-0.15, -0.1) is 0 Å². The van der Waals surface area contributed by atoms with Gasteiger partial charge in [0.2, 0.25) is 0 Å². The van der Waals surface area contributed by atoms with Crippen LogP contribution < -0.4 is 0 Å². The summed E-state index contributed by atoms with van der Waals surface area (Å²) in [5.41, 5.74) is 0. The van der Waals surface area contributed by atoms with E-state index in [1.165, 1.54) is 19.4 Å². The van der Waals surface area contributed by atoms with Crippen LogP contribution in [0.5, 0.6) is 0 Å². The van der Waals surface area contributed by atoms with Crippen molar-refractivity contribution in [1.82, 2.24) is 4.31 Å². The molecular formula is C10H21NOS. The molecule has 1 aliphatic rings. The lowest BCUT2D eigenvalue weighted by Gasteiger charge is -2.13. The lowest BCUT2D eigenvalue weighted by Crippen LogP contribution is -2.18. The minimum Gasteiger partial charge on any atom is -0.377 e. The normalized spacial score (nSPS) is 24.5. The summed E-state index contributed by atoms with van der Waals surface area (Å²) in [5.74, 6) is 0.762. The highest BCUT2D eigenvalue weighted by atomic mass is 32.2. The summed E-state index contributed by atoms with van der Waals surface area (Å²) in [7, 11) is 0. The molecule has 78 valence electrons. The summed E-state index contributed by atoms with van der Waals surface area (Å²) < 4.78 is 8.17. The van der Waals surface area contributed by atoms with Gasteiger partial charge in [-0.1, -0.05) is 25.8 Å². The highest BCUT2D eigenvalue weighted by molar-refractivity contribution is 7.96. The first-order valence-electron chi connectivity index (χ1n) is 5.13. The fourth-order valence-electron chi connectivity index (χ4n) is 1.47. The van der Waals surface area contributed by atoms with Gasteiger partial charge in [-0.05, 0) is 25.0 Å². The minimum absolute atomic E-state index is 0.492. The standard InChI is InChI=1S/C10H21NOS/c1-9(2)5-7-12-10-4-6-11(8-10)13-3/h9-10H,4-8H2,1-3H3. The monoisotopic (exact) mass is 203 g/mol. The highest BCUT2D eigenvalue weighted by Gasteiger charge is 2.21. The lowest BCUT2D eigenvalue weighted by molar-refractivity contribution is 0.0569. The van der Waals surface area contributed by atoms with Gasteiger partial charge in [0.1, 0.15) is 0 Å². The fourth-order valence-corrected chi connectivity index (χ4v) is 2.07. The average molecular weight is 203 g/mol. The van der Waals surface area contributed by atoms with Gasteiger partial charge in [0.15, 0.2) is 0 Å². The zero-order valence-electron chi connectivity index (χ0n) is 8.95. The molecule has 0 N–H and O–H groups in total. The number of hydrogen-bond acceptors (Lipinski definition) is 3. The van der Waals surface area contributed by atoms with Crippen molar-refractivity contribution in [2.45, 2.75) is 32.8 Å². The van der Waals surface area contributed by atoms with Crippen LogP contribution in [0.4, 0.5) is 0 Å². The van der Waals surface area contributed by atoms with Crippen LogP contribution in [0, 0.1) is 5.92 Å². The third-order valence-corrected chi connectivity index (χ3v) is 3.26. The van der Waals surface area contributed by atoms with E-state index in [-0.39, 0.29) is 0 Å². The third kappa shape index (κ3) is 4.34. The molecule has 1 rings (SSSR count). The first-order valence-corrected chi connectivity index (χ1v) is 6.31. The molecule has 0 amide bonds. The summed E-state index contributed by atoms with van der Waals surface area (Å²) >= 11 is 1.83. The van der Waals surface area contributed by atoms with Crippen LogP contribution in [0.25, 0.3) is 0 Å². The summed E-state index contributed by atoms with van der Waals surface area (Å²) in [5, 5.41) is 0. The molecule has 0 aromatic carbocycles. The van der Waals surface area contributed by atoms with Gasteiger partial charge < -0.3 is 4.74 Å². The van der Waals surface area contributed by atoms with Crippen LogP contribution in [-0.2, 0) is 4.74 Å². The van der Waals surface area contributed by atoms with Gasteiger partial charge in [0, 0.05) is 19.7 Å². The average Bonchev–Trinajstić information content (AvgIpc) is 2.52. The number of hydrogen-bond donors (Lipinski definition) is 0. The van der Waals surface area contributed by atoms with E-state index >= 15 is 0 Å². The Bertz CT molecular complexity index is 141. The molecule has 0 spiro atoms. The predicted molar refractivity (Wildman–Crippen MR) is 58.9 cm³/mol. The first kappa shape index (κ1) is 11.3. The molecule has 0 bridgehead atoms. The van der Waals surface area contributed by atoms with Crippen LogP contribution in [0.3, 0.4) is 0 Å². The van der Waals surface area contributed by atoms with Gasteiger partial charge in [0.25, 0.3) is 0 Å².